The van der Waals surface area contributed by atoms with Crippen LogP contribution >= 0.6 is 0 Å². The van der Waals surface area contributed by atoms with E-state index in [4.69, 9.17) is 9.84 Å². The molecule has 2 heterocycles. The summed E-state index contributed by atoms with van der Waals surface area (Å²) in [6.07, 6.45) is -4.85. The van der Waals surface area contributed by atoms with Gasteiger partial charge in [0, 0.05) is 12.5 Å². The van der Waals surface area contributed by atoms with E-state index in [9.17, 15) is 18.0 Å². The Bertz CT molecular complexity index is 773. The molecular weight excluding hydrogens is 327 g/mol. The van der Waals surface area contributed by atoms with Crippen molar-refractivity contribution in [3.05, 3.63) is 41.6 Å². The highest BCUT2D eigenvalue weighted by Crippen LogP contribution is 2.43. The van der Waals surface area contributed by atoms with E-state index in [-0.39, 0.29) is 12.2 Å². The van der Waals surface area contributed by atoms with Gasteiger partial charge in [0.2, 0.25) is 0 Å². The van der Waals surface area contributed by atoms with Crippen LogP contribution in [0.15, 0.2) is 30.3 Å². The number of aromatic nitrogens is 2. The third-order valence-corrected chi connectivity index (χ3v) is 3.91. The lowest BCUT2D eigenvalue weighted by atomic mass is 9.97. The molecule has 0 unspecified atom stereocenters. The van der Waals surface area contributed by atoms with Crippen LogP contribution in [0.4, 0.5) is 19.0 Å². The second-order valence-corrected chi connectivity index (χ2v) is 5.43. The summed E-state index contributed by atoms with van der Waals surface area (Å²) in [5.74, 6) is -0.825. The van der Waals surface area contributed by atoms with Crippen molar-refractivity contribution in [1.29, 1.82) is 0 Å². The summed E-state index contributed by atoms with van der Waals surface area (Å²) < 4.78 is 46.0. The van der Waals surface area contributed by atoms with Gasteiger partial charge < -0.3 is 15.2 Å². The second kappa shape index (κ2) is 5.73. The average Bonchev–Trinajstić information content (AvgIpc) is 2.97. The standard InChI is InChI=1S/C15H14F3N3O3/c1-24-9-4-2-3-8(5-9)10-6-12(15(16,17)18)21-13(19-10)7-11(20-21)14(22)23/h2-5,7,10,12,19H,6H2,1H3,(H,22,23)/t10-,12-/m0/s1. The van der Waals surface area contributed by atoms with Crippen molar-refractivity contribution < 1.29 is 27.8 Å². The summed E-state index contributed by atoms with van der Waals surface area (Å²) in [7, 11) is 1.47. The predicted molar refractivity (Wildman–Crippen MR) is 78.3 cm³/mol. The van der Waals surface area contributed by atoms with Crippen LogP contribution in [-0.2, 0) is 0 Å². The van der Waals surface area contributed by atoms with E-state index in [2.05, 4.69) is 10.4 Å². The number of anilines is 1. The molecule has 0 radical (unpaired) electrons. The monoisotopic (exact) mass is 341 g/mol. The number of fused-ring (bicyclic) bond motifs is 1. The number of nitrogens with one attached hydrogen (secondary N) is 1. The maximum atomic E-state index is 13.4. The van der Waals surface area contributed by atoms with Crippen LogP contribution in [0.5, 0.6) is 5.75 Å². The Morgan fingerprint density at radius 2 is 2.17 bits per heavy atom. The summed E-state index contributed by atoms with van der Waals surface area (Å²) in [6.45, 7) is 0. The van der Waals surface area contributed by atoms with Crippen molar-refractivity contribution in [2.45, 2.75) is 24.7 Å². The van der Waals surface area contributed by atoms with Gasteiger partial charge in [0.15, 0.2) is 11.7 Å². The Morgan fingerprint density at radius 1 is 1.42 bits per heavy atom. The molecule has 6 nitrogen and oxygen atoms in total. The smallest absolute Gasteiger partial charge is 0.410 e. The van der Waals surface area contributed by atoms with Crippen molar-refractivity contribution in [2.24, 2.45) is 0 Å². The Morgan fingerprint density at radius 3 is 2.79 bits per heavy atom. The summed E-state index contributed by atoms with van der Waals surface area (Å²) >= 11 is 0. The first-order valence-electron chi connectivity index (χ1n) is 7.09. The number of carbonyl (C=O) groups is 1. The fourth-order valence-electron chi connectivity index (χ4n) is 2.75. The lowest BCUT2D eigenvalue weighted by molar-refractivity contribution is -0.173. The highest BCUT2D eigenvalue weighted by molar-refractivity contribution is 5.86. The Balaban J connectivity index is 2.02. The first kappa shape index (κ1) is 16.2. The number of rotatable bonds is 3. The van der Waals surface area contributed by atoms with Gasteiger partial charge in [-0.2, -0.15) is 18.3 Å². The molecule has 0 aliphatic carbocycles. The van der Waals surface area contributed by atoms with Gasteiger partial charge >= 0.3 is 12.1 Å². The van der Waals surface area contributed by atoms with Crippen LogP contribution < -0.4 is 10.1 Å². The fourth-order valence-corrected chi connectivity index (χ4v) is 2.75. The molecule has 0 bridgehead atoms. The predicted octanol–water partition coefficient (Wildman–Crippen LogP) is 3.25. The van der Waals surface area contributed by atoms with E-state index in [1.807, 2.05) is 0 Å². The molecule has 2 N–H and O–H groups in total. The number of hydrogen-bond acceptors (Lipinski definition) is 4. The van der Waals surface area contributed by atoms with Crippen LogP contribution in [-0.4, -0.2) is 34.1 Å². The van der Waals surface area contributed by atoms with E-state index in [0.717, 1.165) is 6.07 Å². The van der Waals surface area contributed by atoms with Crippen molar-refractivity contribution in [3.8, 4) is 5.75 Å². The molecule has 128 valence electrons. The summed E-state index contributed by atoms with van der Waals surface area (Å²) in [5.41, 5.74) is 0.186. The van der Waals surface area contributed by atoms with Gasteiger partial charge in [-0.3, -0.25) is 0 Å². The van der Waals surface area contributed by atoms with Crippen LogP contribution in [0.2, 0.25) is 0 Å². The molecule has 1 aromatic carbocycles. The molecule has 2 aromatic rings. The van der Waals surface area contributed by atoms with Gasteiger partial charge in [-0.1, -0.05) is 12.1 Å². The molecule has 2 atom stereocenters. The van der Waals surface area contributed by atoms with Crippen LogP contribution in [0.3, 0.4) is 0 Å². The Hall–Kier alpha value is -2.71. The molecule has 9 heteroatoms. The lowest BCUT2D eigenvalue weighted by Crippen LogP contribution is -2.35. The molecule has 1 aromatic heterocycles. The molecule has 24 heavy (non-hydrogen) atoms. The number of ether oxygens (including phenoxy) is 1. The normalized spacial score (nSPS) is 20.2. The molecular formula is C15H14F3N3O3. The van der Waals surface area contributed by atoms with Gasteiger partial charge in [-0.15, -0.1) is 0 Å². The van der Waals surface area contributed by atoms with Gasteiger partial charge in [-0.05, 0) is 17.7 Å². The van der Waals surface area contributed by atoms with E-state index in [1.54, 1.807) is 24.3 Å². The molecule has 0 fully saturated rings. The second-order valence-electron chi connectivity index (χ2n) is 5.43. The van der Waals surface area contributed by atoms with Gasteiger partial charge in [0.25, 0.3) is 0 Å². The van der Waals surface area contributed by atoms with E-state index >= 15 is 0 Å². The highest BCUT2D eigenvalue weighted by atomic mass is 19.4. The van der Waals surface area contributed by atoms with E-state index in [0.29, 0.717) is 16.0 Å². The van der Waals surface area contributed by atoms with Gasteiger partial charge in [-0.25, -0.2) is 9.48 Å². The van der Waals surface area contributed by atoms with Gasteiger partial charge in [0.1, 0.15) is 11.6 Å². The first-order valence-corrected chi connectivity index (χ1v) is 7.09. The third kappa shape index (κ3) is 2.89. The highest BCUT2D eigenvalue weighted by Gasteiger charge is 2.46. The van der Waals surface area contributed by atoms with E-state index < -0.39 is 29.9 Å². The molecule has 0 amide bonds. The number of halogens is 3. The number of carboxylic acid groups (broad SMARTS) is 1. The van der Waals surface area contributed by atoms with Crippen LogP contribution in [0, 0.1) is 0 Å². The fraction of sp³-hybridized carbons (Fsp3) is 0.333. The molecule has 1 aliphatic heterocycles. The molecule has 1 aliphatic rings. The number of hydrogen-bond donors (Lipinski definition) is 2. The zero-order valence-corrected chi connectivity index (χ0v) is 12.5. The largest absolute Gasteiger partial charge is 0.497 e. The van der Waals surface area contributed by atoms with E-state index in [1.165, 1.54) is 7.11 Å². The van der Waals surface area contributed by atoms with Crippen molar-refractivity contribution >= 4 is 11.8 Å². The third-order valence-electron chi connectivity index (χ3n) is 3.91. The number of nitrogens with zero attached hydrogens (tertiary/aromatic N) is 2. The van der Waals surface area contributed by atoms with Crippen molar-refractivity contribution in [1.82, 2.24) is 9.78 Å². The first-order chi connectivity index (χ1) is 11.3. The quantitative estimate of drug-likeness (QED) is 0.896. The minimum Gasteiger partial charge on any atom is -0.497 e. The van der Waals surface area contributed by atoms with Crippen LogP contribution in [0.25, 0.3) is 0 Å². The molecule has 0 saturated heterocycles. The van der Waals surface area contributed by atoms with Gasteiger partial charge in [0.05, 0.1) is 13.2 Å². The number of benzene rings is 1. The topological polar surface area (TPSA) is 76.4 Å². The average molecular weight is 341 g/mol. The zero-order chi connectivity index (χ0) is 17.5. The number of carboxylic acids is 1. The summed E-state index contributed by atoms with van der Waals surface area (Å²) in [4.78, 5) is 11.0. The Kier molecular flexibility index (Phi) is 3.86. The Labute approximate surface area is 134 Å². The number of aromatic carboxylic acids is 1. The number of alkyl halides is 3. The number of methoxy groups -OCH3 is 1. The summed E-state index contributed by atoms with van der Waals surface area (Å²) in [5, 5.41) is 15.5. The zero-order valence-electron chi connectivity index (χ0n) is 12.5. The molecule has 0 saturated carbocycles. The SMILES string of the molecule is COc1cccc([C@@H]2C[C@@H](C(F)(F)F)n3nc(C(=O)O)cc3N2)c1. The van der Waals surface area contributed by atoms with Crippen LogP contribution in [0.1, 0.15) is 34.6 Å². The van der Waals surface area contributed by atoms with Crippen molar-refractivity contribution in [2.75, 3.05) is 12.4 Å². The maximum Gasteiger partial charge on any atom is 0.410 e. The minimum absolute atomic E-state index is 0.0220. The molecule has 0 spiro atoms. The van der Waals surface area contributed by atoms with Crippen molar-refractivity contribution in [3.63, 3.8) is 0 Å². The molecule has 3 rings (SSSR count). The maximum absolute atomic E-state index is 13.4. The minimum atomic E-state index is -4.55. The lowest BCUT2D eigenvalue weighted by Gasteiger charge is -2.33. The summed E-state index contributed by atoms with van der Waals surface area (Å²) in [6, 6.07) is 5.28.